The molecule has 2 aromatic rings. The van der Waals surface area contributed by atoms with E-state index in [4.69, 9.17) is 0 Å². The van der Waals surface area contributed by atoms with Crippen LogP contribution in [0, 0.1) is 11.8 Å². The van der Waals surface area contributed by atoms with E-state index in [-0.39, 0.29) is 11.7 Å². The molecule has 2 aromatic carbocycles. The molecule has 2 N–H and O–H groups in total. The summed E-state index contributed by atoms with van der Waals surface area (Å²) in [6, 6.07) is 15.8. The fourth-order valence-corrected chi connectivity index (χ4v) is 5.66. The highest BCUT2D eigenvalue weighted by atomic mass is 16.3. The highest BCUT2D eigenvalue weighted by molar-refractivity contribution is 6.00. The van der Waals surface area contributed by atoms with Crippen LogP contribution in [0.1, 0.15) is 40.7 Å². The summed E-state index contributed by atoms with van der Waals surface area (Å²) in [5.41, 5.74) is 3.18. The molecule has 2 aliphatic heterocycles. The zero-order valence-corrected chi connectivity index (χ0v) is 17.1. The fraction of sp³-hybridized carbons (Fsp3) is 0.440. The van der Waals surface area contributed by atoms with E-state index in [0.29, 0.717) is 37.6 Å². The highest BCUT2D eigenvalue weighted by Gasteiger charge is 2.48. The van der Waals surface area contributed by atoms with Crippen molar-refractivity contribution < 1.29 is 14.7 Å². The van der Waals surface area contributed by atoms with Crippen molar-refractivity contribution in [3.05, 3.63) is 65.2 Å². The second-order valence-corrected chi connectivity index (χ2v) is 9.35. The van der Waals surface area contributed by atoms with Crippen molar-refractivity contribution in [2.75, 3.05) is 25.0 Å². The van der Waals surface area contributed by atoms with Crippen molar-refractivity contribution in [3.63, 3.8) is 0 Å². The molecule has 1 saturated heterocycles. The van der Waals surface area contributed by atoms with E-state index in [1.54, 1.807) is 0 Å². The number of aryl methyl sites for hydroxylation is 1. The average Bonchev–Trinajstić information content (AvgIpc) is 3.21. The van der Waals surface area contributed by atoms with Crippen LogP contribution in [0.2, 0.25) is 0 Å². The molecule has 5 heteroatoms. The maximum atomic E-state index is 12.9. The standard InChI is InChI=1S/C25H28N2O3/c28-23(19-6-8-22-18(10-19)7-9-24(29)26-22)16-27-14-20-12-25(30,13-21(20)15-27)11-17-4-2-1-3-5-17/h1-6,8,10,20-21,30H,7,9,11-16H2,(H,26,29). The summed E-state index contributed by atoms with van der Waals surface area (Å²) >= 11 is 0. The lowest BCUT2D eigenvalue weighted by Gasteiger charge is -2.26. The normalized spacial score (nSPS) is 28.1. The number of likely N-dealkylation sites (tertiary alicyclic amines) is 1. The van der Waals surface area contributed by atoms with Crippen molar-refractivity contribution in [3.8, 4) is 0 Å². The second-order valence-electron chi connectivity index (χ2n) is 9.35. The van der Waals surface area contributed by atoms with Crippen LogP contribution in [-0.2, 0) is 17.6 Å². The lowest BCUT2D eigenvalue weighted by Crippen LogP contribution is -2.34. The van der Waals surface area contributed by atoms with Gasteiger partial charge in [0.15, 0.2) is 5.78 Å². The molecule has 2 heterocycles. The summed E-state index contributed by atoms with van der Waals surface area (Å²) in [6.45, 7) is 2.19. The predicted molar refractivity (Wildman–Crippen MR) is 115 cm³/mol. The van der Waals surface area contributed by atoms with E-state index in [1.807, 2.05) is 36.4 Å². The lowest BCUT2D eigenvalue weighted by molar-refractivity contribution is -0.116. The van der Waals surface area contributed by atoms with Crippen LogP contribution in [0.4, 0.5) is 5.69 Å². The Morgan fingerprint density at radius 3 is 2.53 bits per heavy atom. The summed E-state index contributed by atoms with van der Waals surface area (Å²) in [5.74, 6) is 1.10. The van der Waals surface area contributed by atoms with E-state index in [9.17, 15) is 14.7 Å². The number of aliphatic hydroxyl groups is 1. The Kier molecular flexibility index (Phi) is 4.95. The molecule has 5 nitrogen and oxygen atoms in total. The SMILES string of the molecule is O=C1CCc2cc(C(=O)CN3CC4CC(O)(Cc5ccccc5)CC4C3)ccc2N1. The number of nitrogens with one attached hydrogen (secondary N) is 1. The summed E-state index contributed by atoms with van der Waals surface area (Å²) in [7, 11) is 0. The number of anilines is 1. The highest BCUT2D eigenvalue weighted by Crippen LogP contribution is 2.45. The maximum Gasteiger partial charge on any atom is 0.224 e. The Morgan fingerprint density at radius 2 is 1.80 bits per heavy atom. The molecular weight excluding hydrogens is 376 g/mol. The van der Waals surface area contributed by atoms with Crippen molar-refractivity contribution in [1.82, 2.24) is 4.90 Å². The van der Waals surface area contributed by atoms with Crippen molar-refractivity contribution in [2.45, 2.75) is 37.7 Å². The van der Waals surface area contributed by atoms with Gasteiger partial charge in [0.05, 0.1) is 12.1 Å². The molecule has 0 radical (unpaired) electrons. The number of carbonyl (C=O) groups is 2. The molecule has 1 saturated carbocycles. The Balaban J connectivity index is 1.18. The molecule has 0 aromatic heterocycles. The third-order valence-corrected chi connectivity index (χ3v) is 7.00. The van der Waals surface area contributed by atoms with E-state index in [0.717, 1.165) is 42.7 Å². The fourth-order valence-electron chi connectivity index (χ4n) is 5.66. The van der Waals surface area contributed by atoms with Crippen molar-refractivity contribution in [2.24, 2.45) is 11.8 Å². The Morgan fingerprint density at radius 1 is 1.07 bits per heavy atom. The molecule has 0 bridgehead atoms. The van der Waals surface area contributed by atoms with Crippen LogP contribution in [-0.4, -0.2) is 46.9 Å². The molecule has 2 atom stereocenters. The molecule has 2 fully saturated rings. The molecule has 2 unspecified atom stereocenters. The number of rotatable bonds is 5. The van der Waals surface area contributed by atoms with E-state index in [2.05, 4.69) is 22.3 Å². The summed E-state index contributed by atoms with van der Waals surface area (Å²) in [4.78, 5) is 26.6. The number of benzene rings is 2. The number of ketones is 1. The van der Waals surface area contributed by atoms with Crippen molar-refractivity contribution in [1.29, 1.82) is 0 Å². The Labute approximate surface area is 177 Å². The second kappa shape index (κ2) is 7.64. The van der Waals surface area contributed by atoms with Gasteiger partial charge in [0, 0.05) is 37.2 Å². The van der Waals surface area contributed by atoms with Gasteiger partial charge in [0.2, 0.25) is 5.91 Å². The largest absolute Gasteiger partial charge is 0.390 e. The molecule has 1 amide bonds. The van der Waals surface area contributed by atoms with Gasteiger partial charge in [-0.3, -0.25) is 14.5 Å². The van der Waals surface area contributed by atoms with Gasteiger partial charge in [-0.15, -0.1) is 0 Å². The van der Waals surface area contributed by atoms with Crippen LogP contribution >= 0.6 is 0 Å². The zero-order chi connectivity index (χ0) is 20.7. The number of hydrogen-bond donors (Lipinski definition) is 2. The molecule has 1 aliphatic carbocycles. The van der Waals surface area contributed by atoms with Crippen LogP contribution < -0.4 is 5.32 Å². The molecule has 0 spiro atoms. The maximum absolute atomic E-state index is 12.9. The molecule has 156 valence electrons. The molecule has 5 rings (SSSR count). The van der Waals surface area contributed by atoms with Gasteiger partial charge in [0.25, 0.3) is 0 Å². The minimum Gasteiger partial charge on any atom is -0.390 e. The summed E-state index contributed by atoms with van der Waals surface area (Å²) < 4.78 is 0. The van der Waals surface area contributed by atoms with Gasteiger partial charge in [-0.05, 0) is 60.4 Å². The topological polar surface area (TPSA) is 69.6 Å². The van der Waals surface area contributed by atoms with Crippen LogP contribution in [0.3, 0.4) is 0 Å². The first-order valence-electron chi connectivity index (χ1n) is 10.9. The first kappa shape index (κ1) is 19.5. The third-order valence-electron chi connectivity index (χ3n) is 7.00. The van der Waals surface area contributed by atoms with Crippen molar-refractivity contribution >= 4 is 17.4 Å². The minimum absolute atomic E-state index is 0.0393. The Hall–Kier alpha value is -2.50. The first-order chi connectivity index (χ1) is 14.5. The number of amides is 1. The quantitative estimate of drug-likeness (QED) is 0.752. The first-order valence-corrected chi connectivity index (χ1v) is 10.9. The van der Waals surface area contributed by atoms with E-state index >= 15 is 0 Å². The summed E-state index contributed by atoms with van der Waals surface area (Å²) in [6.07, 6.45) is 3.51. The molecule has 3 aliphatic rings. The van der Waals surface area contributed by atoms with E-state index < -0.39 is 5.60 Å². The lowest BCUT2D eigenvalue weighted by atomic mass is 9.91. The molecule has 30 heavy (non-hydrogen) atoms. The van der Waals surface area contributed by atoms with Crippen LogP contribution in [0.15, 0.2) is 48.5 Å². The predicted octanol–water partition coefficient (Wildman–Crippen LogP) is 3.07. The number of Topliss-reactive ketones (excluding diaryl/α,β-unsaturated/α-hetero) is 1. The van der Waals surface area contributed by atoms with Gasteiger partial charge < -0.3 is 10.4 Å². The minimum atomic E-state index is -0.615. The van der Waals surface area contributed by atoms with Gasteiger partial charge in [0.1, 0.15) is 0 Å². The van der Waals surface area contributed by atoms with Gasteiger partial charge in [-0.25, -0.2) is 0 Å². The van der Waals surface area contributed by atoms with Gasteiger partial charge in [-0.2, -0.15) is 0 Å². The summed E-state index contributed by atoms with van der Waals surface area (Å²) in [5, 5.41) is 14.0. The number of hydrogen-bond acceptors (Lipinski definition) is 4. The number of fused-ring (bicyclic) bond motifs is 2. The van der Waals surface area contributed by atoms with E-state index in [1.165, 1.54) is 5.56 Å². The molecular formula is C25H28N2O3. The zero-order valence-electron chi connectivity index (χ0n) is 17.1. The number of nitrogens with zero attached hydrogens (tertiary/aromatic N) is 1. The smallest absolute Gasteiger partial charge is 0.224 e. The average molecular weight is 405 g/mol. The number of carbonyl (C=O) groups excluding carboxylic acids is 2. The van der Waals surface area contributed by atoms with Crippen LogP contribution in [0.5, 0.6) is 0 Å². The van der Waals surface area contributed by atoms with Gasteiger partial charge >= 0.3 is 0 Å². The monoisotopic (exact) mass is 404 g/mol. The van der Waals surface area contributed by atoms with Crippen LogP contribution in [0.25, 0.3) is 0 Å². The Bertz CT molecular complexity index is 958. The third kappa shape index (κ3) is 3.92. The van der Waals surface area contributed by atoms with Gasteiger partial charge in [-0.1, -0.05) is 30.3 Å².